The Labute approximate surface area is 198 Å². The molecule has 5 rings (SSSR count). The highest BCUT2D eigenvalue weighted by Gasteiger charge is 2.42. The first-order valence-corrected chi connectivity index (χ1v) is 11.1. The van der Waals surface area contributed by atoms with Crippen LogP contribution in [0.5, 0.6) is 11.5 Å². The number of halogens is 1. The van der Waals surface area contributed by atoms with Gasteiger partial charge in [0.1, 0.15) is 17.1 Å². The minimum absolute atomic E-state index is 0.0798. The molecule has 7 heteroatoms. The Morgan fingerprint density at radius 2 is 1.70 bits per heavy atom. The predicted octanol–water partition coefficient (Wildman–Crippen LogP) is 5.32. The molecular weight excluding hydrogens is 486 g/mol. The smallest absolute Gasteiger partial charge is 0.291 e. The highest BCUT2D eigenvalue weighted by atomic mass is 79.9. The Hall–Kier alpha value is -3.58. The largest absolute Gasteiger partial charge is 0.497 e. The summed E-state index contributed by atoms with van der Waals surface area (Å²) in [6.07, 6.45) is 0. The zero-order valence-electron chi connectivity index (χ0n) is 18.0. The van der Waals surface area contributed by atoms with Crippen molar-refractivity contribution in [3.8, 4) is 11.5 Å². The maximum atomic E-state index is 13.6. The zero-order valence-corrected chi connectivity index (χ0v) is 19.6. The molecule has 0 aliphatic carbocycles. The average molecular weight is 506 g/mol. The SMILES string of the molecule is COc1ccc(CN2C(=O)c3oc4ccc(Br)cc4c(=O)c3C2c2cccc(OC)c2)cc1. The van der Waals surface area contributed by atoms with Crippen molar-refractivity contribution in [3.05, 3.63) is 104 Å². The second-order valence-corrected chi connectivity index (χ2v) is 8.69. The summed E-state index contributed by atoms with van der Waals surface area (Å²) in [6, 6.07) is 19.5. The third kappa shape index (κ3) is 3.68. The second-order valence-electron chi connectivity index (χ2n) is 7.77. The number of rotatable bonds is 5. The standard InChI is InChI=1S/C26H20BrNO5/c1-31-18-9-6-15(7-10-18)14-28-23(16-4-3-5-19(12-16)32-2)22-24(29)20-13-17(27)8-11-21(20)33-25(22)26(28)30/h3-13,23H,14H2,1-2H3. The van der Waals surface area contributed by atoms with Gasteiger partial charge < -0.3 is 18.8 Å². The van der Waals surface area contributed by atoms with Crippen molar-refractivity contribution in [1.82, 2.24) is 4.90 Å². The van der Waals surface area contributed by atoms with Crippen LogP contribution in [0, 0.1) is 0 Å². The van der Waals surface area contributed by atoms with Crippen molar-refractivity contribution in [2.75, 3.05) is 14.2 Å². The molecule has 1 aromatic heterocycles. The molecule has 0 saturated carbocycles. The molecule has 0 saturated heterocycles. The van der Waals surface area contributed by atoms with E-state index in [0.717, 1.165) is 21.3 Å². The van der Waals surface area contributed by atoms with Gasteiger partial charge in [0, 0.05) is 11.0 Å². The Bertz CT molecular complexity index is 1430. The predicted molar refractivity (Wildman–Crippen MR) is 128 cm³/mol. The van der Waals surface area contributed by atoms with E-state index < -0.39 is 6.04 Å². The number of amides is 1. The molecule has 2 heterocycles. The zero-order chi connectivity index (χ0) is 23.1. The number of hydrogen-bond acceptors (Lipinski definition) is 5. The lowest BCUT2D eigenvalue weighted by molar-refractivity contribution is 0.0714. The second kappa shape index (κ2) is 8.41. The van der Waals surface area contributed by atoms with Crippen LogP contribution in [0.25, 0.3) is 11.0 Å². The Balaban J connectivity index is 1.70. The van der Waals surface area contributed by atoms with Crippen molar-refractivity contribution < 1.29 is 18.7 Å². The number of nitrogens with zero attached hydrogens (tertiary/aromatic N) is 1. The molecule has 1 amide bonds. The van der Waals surface area contributed by atoms with Crippen molar-refractivity contribution in [2.24, 2.45) is 0 Å². The molecule has 4 aromatic rings. The van der Waals surface area contributed by atoms with Crippen LogP contribution in [0.2, 0.25) is 0 Å². The van der Waals surface area contributed by atoms with Crippen LogP contribution in [-0.4, -0.2) is 25.0 Å². The molecule has 3 aromatic carbocycles. The molecule has 0 spiro atoms. The normalized spacial score (nSPS) is 15.1. The third-order valence-corrected chi connectivity index (χ3v) is 6.34. The lowest BCUT2D eigenvalue weighted by Crippen LogP contribution is -2.29. The van der Waals surface area contributed by atoms with Crippen molar-refractivity contribution >= 4 is 32.8 Å². The van der Waals surface area contributed by atoms with Gasteiger partial charge in [-0.3, -0.25) is 9.59 Å². The van der Waals surface area contributed by atoms with Gasteiger partial charge in [-0.25, -0.2) is 0 Å². The number of methoxy groups -OCH3 is 2. The topological polar surface area (TPSA) is 69.0 Å². The quantitative estimate of drug-likeness (QED) is 0.367. The number of hydrogen-bond donors (Lipinski definition) is 0. The summed E-state index contributed by atoms with van der Waals surface area (Å²) in [7, 11) is 3.19. The monoisotopic (exact) mass is 505 g/mol. The van der Waals surface area contributed by atoms with Gasteiger partial charge in [-0.15, -0.1) is 0 Å². The summed E-state index contributed by atoms with van der Waals surface area (Å²) in [5.41, 5.74) is 2.19. The van der Waals surface area contributed by atoms with Gasteiger partial charge in [-0.2, -0.15) is 0 Å². The van der Waals surface area contributed by atoms with Crippen LogP contribution < -0.4 is 14.9 Å². The van der Waals surface area contributed by atoms with E-state index in [1.807, 2.05) is 48.5 Å². The van der Waals surface area contributed by atoms with Crippen LogP contribution in [0.15, 0.2) is 80.4 Å². The van der Waals surface area contributed by atoms with Gasteiger partial charge in [-0.1, -0.05) is 40.2 Å². The van der Waals surface area contributed by atoms with Gasteiger partial charge >= 0.3 is 0 Å². The third-order valence-electron chi connectivity index (χ3n) is 5.85. The Morgan fingerprint density at radius 1 is 0.939 bits per heavy atom. The number of carbonyl (C=O) groups excluding carboxylic acids is 1. The van der Waals surface area contributed by atoms with Crippen LogP contribution >= 0.6 is 15.9 Å². The summed E-state index contributed by atoms with van der Waals surface area (Å²) < 4.78 is 17.4. The highest BCUT2D eigenvalue weighted by Crippen LogP contribution is 2.40. The molecule has 0 radical (unpaired) electrons. The molecule has 33 heavy (non-hydrogen) atoms. The lowest BCUT2D eigenvalue weighted by atomic mass is 9.98. The van der Waals surface area contributed by atoms with Crippen LogP contribution in [0.1, 0.15) is 33.3 Å². The van der Waals surface area contributed by atoms with E-state index in [-0.39, 0.29) is 17.1 Å². The van der Waals surface area contributed by atoms with E-state index in [2.05, 4.69) is 15.9 Å². The fourth-order valence-electron chi connectivity index (χ4n) is 4.24. The molecule has 0 N–H and O–H groups in total. The number of benzene rings is 3. The maximum Gasteiger partial charge on any atom is 0.291 e. The molecular formula is C26H20BrNO5. The molecule has 1 unspecified atom stereocenters. The molecule has 166 valence electrons. The van der Waals surface area contributed by atoms with Gasteiger partial charge in [0.15, 0.2) is 5.43 Å². The maximum absolute atomic E-state index is 13.6. The van der Waals surface area contributed by atoms with Crippen LogP contribution in [-0.2, 0) is 6.54 Å². The van der Waals surface area contributed by atoms with E-state index in [0.29, 0.717) is 28.8 Å². The first kappa shape index (κ1) is 21.3. The number of ether oxygens (including phenoxy) is 2. The van der Waals surface area contributed by atoms with Crippen molar-refractivity contribution in [2.45, 2.75) is 12.6 Å². The Morgan fingerprint density at radius 3 is 2.42 bits per heavy atom. The van der Waals surface area contributed by atoms with Gasteiger partial charge in [-0.05, 0) is 53.6 Å². The minimum atomic E-state index is -0.607. The van der Waals surface area contributed by atoms with Gasteiger partial charge in [0.05, 0.1) is 31.2 Å². The highest BCUT2D eigenvalue weighted by molar-refractivity contribution is 9.10. The number of fused-ring (bicyclic) bond motifs is 2. The minimum Gasteiger partial charge on any atom is -0.497 e. The van der Waals surface area contributed by atoms with E-state index in [9.17, 15) is 9.59 Å². The Kier molecular flexibility index (Phi) is 5.42. The van der Waals surface area contributed by atoms with Gasteiger partial charge in [0.25, 0.3) is 5.91 Å². The van der Waals surface area contributed by atoms with Crippen molar-refractivity contribution in [1.29, 1.82) is 0 Å². The fraction of sp³-hybridized carbons (Fsp3) is 0.154. The van der Waals surface area contributed by atoms with Gasteiger partial charge in [0.2, 0.25) is 5.76 Å². The summed E-state index contributed by atoms with van der Waals surface area (Å²) in [4.78, 5) is 28.9. The van der Waals surface area contributed by atoms with E-state index >= 15 is 0 Å². The molecule has 0 bridgehead atoms. The molecule has 1 aliphatic rings. The average Bonchev–Trinajstić information content (AvgIpc) is 3.12. The molecule has 6 nitrogen and oxygen atoms in total. The van der Waals surface area contributed by atoms with E-state index in [1.165, 1.54) is 0 Å². The molecule has 1 atom stereocenters. The van der Waals surface area contributed by atoms with Crippen LogP contribution in [0.3, 0.4) is 0 Å². The number of carbonyl (C=O) groups is 1. The van der Waals surface area contributed by atoms with E-state index in [1.54, 1.807) is 37.3 Å². The summed E-state index contributed by atoms with van der Waals surface area (Å²) in [5, 5.41) is 0.426. The molecule has 1 aliphatic heterocycles. The van der Waals surface area contributed by atoms with Crippen LogP contribution in [0.4, 0.5) is 0 Å². The first-order valence-electron chi connectivity index (χ1n) is 10.3. The first-order chi connectivity index (χ1) is 16.0. The fourth-order valence-corrected chi connectivity index (χ4v) is 4.60. The summed E-state index contributed by atoms with van der Waals surface area (Å²) in [5.74, 6) is 1.13. The van der Waals surface area contributed by atoms with Crippen molar-refractivity contribution in [3.63, 3.8) is 0 Å². The van der Waals surface area contributed by atoms with E-state index in [4.69, 9.17) is 13.9 Å². The summed E-state index contributed by atoms with van der Waals surface area (Å²) in [6.45, 7) is 0.300. The lowest BCUT2D eigenvalue weighted by Gasteiger charge is -2.25. The molecule has 0 fully saturated rings. The summed E-state index contributed by atoms with van der Waals surface area (Å²) >= 11 is 3.42.